The smallest absolute Gasteiger partial charge is 0.251 e. The number of nitrogens with one attached hydrogen (secondary N) is 1. The van der Waals surface area contributed by atoms with E-state index in [1.807, 2.05) is 23.1 Å². The maximum Gasteiger partial charge on any atom is 0.251 e. The number of anilines is 1. The minimum absolute atomic E-state index is 0.0514. The van der Waals surface area contributed by atoms with Gasteiger partial charge < -0.3 is 15.3 Å². The fourth-order valence-electron chi connectivity index (χ4n) is 4.14. The number of aliphatic hydroxyl groups is 1. The predicted octanol–water partition coefficient (Wildman–Crippen LogP) is 4.11. The van der Waals surface area contributed by atoms with Crippen molar-refractivity contribution >= 4 is 17.5 Å². The van der Waals surface area contributed by atoms with Crippen LogP contribution >= 0.6 is 0 Å². The molecule has 0 unspecified atom stereocenters. The lowest BCUT2D eigenvalue weighted by atomic mass is 10.0. The molecule has 1 aliphatic heterocycles. The maximum absolute atomic E-state index is 12.7. The Kier molecular flexibility index (Phi) is 11.0. The third kappa shape index (κ3) is 8.26. The van der Waals surface area contributed by atoms with Crippen molar-refractivity contribution in [2.75, 3.05) is 31.1 Å². The lowest BCUT2D eigenvalue weighted by molar-refractivity contribution is -0.116. The van der Waals surface area contributed by atoms with E-state index in [-0.39, 0.29) is 18.4 Å². The number of amides is 2. The molecule has 0 aliphatic carbocycles. The van der Waals surface area contributed by atoms with Crippen molar-refractivity contribution in [1.29, 1.82) is 0 Å². The standard InChI is InChI=1S/C25H41N3O3/c1-20(2)27-15-9-5-4-6-10-16-28(21(3)30)24-13-12-22(18-23(24)19-27)25(31)26-14-8-7-11-17-29/h12-13,18,20,29H,4-11,14-17,19H2,1-3H3,(H,26,31). The molecule has 1 aliphatic rings. The summed E-state index contributed by atoms with van der Waals surface area (Å²) in [5, 5.41) is 11.9. The van der Waals surface area contributed by atoms with Crippen molar-refractivity contribution in [3.8, 4) is 0 Å². The second kappa shape index (κ2) is 13.5. The van der Waals surface area contributed by atoms with Crippen LogP contribution in [-0.2, 0) is 11.3 Å². The van der Waals surface area contributed by atoms with E-state index in [0.717, 1.165) is 63.0 Å². The molecule has 2 N–H and O–H groups in total. The number of fused-ring (bicyclic) bond motifs is 1. The van der Waals surface area contributed by atoms with Crippen LogP contribution in [0, 0.1) is 0 Å². The number of hydrogen-bond donors (Lipinski definition) is 2. The van der Waals surface area contributed by atoms with Crippen molar-refractivity contribution < 1.29 is 14.7 Å². The summed E-state index contributed by atoms with van der Waals surface area (Å²) in [6.07, 6.45) is 8.27. The van der Waals surface area contributed by atoms with E-state index >= 15 is 0 Å². The highest BCUT2D eigenvalue weighted by atomic mass is 16.3. The molecule has 2 amide bonds. The van der Waals surface area contributed by atoms with Crippen molar-refractivity contribution in [1.82, 2.24) is 10.2 Å². The van der Waals surface area contributed by atoms with Crippen molar-refractivity contribution in [2.24, 2.45) is 0 Å². The second-order valence-corrected chi connectivity index (χ2v) is 8.89. The molecule has 1 aromatic carbocycles. The van der Waals surface area contributed by atoms with Crippen LogP contribution in [0.4, 0.5) is 5.69 Å². The fraction of sp³-hybridized carbons (Fsp3) is 0.680. The Bertz CT molecular complexity index is 705. The maximum atomic E-state index is 12.7. The number of unbranched alkanes of at least 4 members (excludes halogenated alkanes) is 2. The van der Waals surface area contributed by atoms with Gasteiger partial charge in [-0.2, -0.15) is 0 Å². The van der Waals surface area contributed by atoms with Crippen molar-refractivity contribution in [2.45, 2.75) is 84.7 Å². The molecule has 0 fully saturated rings. The molecule has 1 aromatic rings. The summed E-state index contributed by atoms with van der Waals surface area (Å²) in [6, 6.07) is 6.14. The predicted molar refractivity (Wildman–Crippen MR) is 126 cm³/mol. The van der Waals surface area contributed by atoms with E-state index in [1.54, 1.807) is 6.92 Å². The molecule has 6 nitrogen and oxygen atoms in total. The molecule has 0 radical (unpaired) electrons. The zero-order chi connectivity index (χ0) is 22.6. The molecule has 0 saturated heterocycles. The monoisotopic (exact) mass is 431 g/mol. The minimum atomic E-state index is -0.0802. The first-order valence-corrected chi connectivity index (χ1v) is 12.0. The lowest BCUT2D eigenvalue weighted by Gasteiger charge is -2.31. The Hall–Kier alpha value is -1.92. The van der Waals surface area contributed by atoms with Gasteiger partial charge in [0.25, 0.3) is 5.91 Å². The number of rotatable bonds is 7. The van der Waals surface area contributed by atoms with Crippen LogP contribution in [0.15, 0.2) is 18.2 Å². The summed E-state index contributed by atoms with van der Waals surface area (Å²) >= 11 is 0. The van der Waals surface area contributed by atoms with Crippen molar-refractivity contribution in [3.63, 3.8) is 0 Å². The highest BCUT2D eigenvalue weighted by Gasteiger charge is 2.20. The molecular formula is C25H41N3O3. The van der Waals surface area contributed by atoms with Crippen LogP contribution in [-0.4, -0.2) is 54.1 Å². The van der Waals surface area contributed by atoms with Gasteiger partial charge in [0.05, 0.1) is 0 Å². The van der Waals surface area contributed by atoms with Crippen LogP contribution in [0.25, 0.3) is 0 Å². The number of aliphatic hydroxyl groups excluding tert-OH is 1. The van der Waals surface area contributed by atoms with Crippen LogP contribution < -0.4 is 10.2 Å². The molecule has 1 heterocycles. The first kappa shape index (κ1) is 25.3. The van der Waals surface area contributed by atoms with Gasteiger partial charge in [0.15, 0.2) is 0 Å². The van der Waals surface area contributed by atoms with E-state index in [0.29, 0.717) is 18.2 Å². The summed E-state index contributed by atoms with van der Waals surface area (Å²) in [5.74, 6) is -0.0288. The fourth-order valence-corrected chi connectivity index (χ4v) is 4.14. The molecule has 0 saturated carbocycles. The average molecular weight is 432 g/mol. The number of benzene rings is 1. The van der Waals surface area contributed by atoms with Crippen molar-refractivity contribution in [3.05, 3.63) is 29.3 Å². The summed E-state index contributed by atoms with van der Waals surface area (Å²) < 4.78 is 0. The molecule has 174 valence electrons. The van der Waals surface area contributed by atoms with Crippen LogP contribution in [0.1, 0.15) is 88.1 Å². The Morgan fingerprint density at radius 1 is 1.03 bits per heavy atom. The largest absolute Gasteiger partial charge is 0.396 e. The minimum Gasteiger partial charge on any atom is -0.396 e. The van der Waals surface area contributed by atoms with E-state index < -0.39 is 0 Å². The Morgan fingerprint density at radius 2 is 1.74 bits per heavy atom. The van der Waals surface area contributed by atoms with E-state index in [4.69, 9.17) is 5.11 Å². The van der Waals surface area contributed by atoms with E-state index in [1.165, 1.54) is 19.3 Å². The van der Waals surface area contributed by atoms with Gasteiger partial charge in [-0.3, -0.25) is 14.5 Å². The third-order valence-corrected chi connectivity index (χ3v) is 6.06. The summed E-state index contributed by atoms with van der Waals surface area (Å²) in [7, 11) is 0. The van der Waals surface area contributed by atoms with E-state index in [2.05, 4.69) is 24.1 Å². The normalized spacial score (nSPS) is 16.4. The number of nitrogens with zero attached hydrogens (tertiary/aromatic N) is 2. The van der Waals surface area contributed by atoms with Gasteiger partial charge in [0, 0.05) is 50.5 Å². The molecule has 0 spiro atoms. The van der Waals surface area contributed by atoms with Gasteiger partial charge in [-0.25, -0.2) is 0 Å². The van der Waals surface area contributed by atoms with E-state index in [9.17, 15) is 9.59 Å². The lowest BCUT2D eigenvalue weighted by Crippen LogP contribution is -2.35. The summed E-state index contributed by atoms with van der Waals surface area (Å²) in [5.41, 5.74) is 2.61. The molecule has 6 heteroatoms. The van der Waals surface area contributed by atoms with Crippen LogP contribution in [0.5, 0.6) is 0 Å². The average Bonchev–Trinajstić information content (AvgIpc) is 2.73. The van der Waals surface area contributed by atoms with Gasteiger partial charge in [-0.1, -0.05) is 19.3 Å². The Labute approximate surface area is 188 Å². The van der Waals surface area contributed by atoms with Crippen LogP contribution in [0.3, 0.4) is 0 Å². The zero-order valence-corrected chi connectivity index (χ0v) is 19.7. The van der Waals surface area contributed by atoms with Gasteiger partial charge in [0.2, 0.25) is 5.91 Å². The molecule has 0 aromatic heterocycles. The quantitative estimate of drug-likeness (QED) is 0.638. The molecule has 0 atom stereocenters. The first-order chi connectivity index (χ1) is 14.9. The second-order valence-electron chi connectivity index (χ2n) is 8.89. The Morgan fingerprint density at radius 3 is 2.42 bits per heavy atom. The summed E-state index contributed by atoms with van der Waals surface area (Å²) in [6.45, 7) is 9.32. The number of hydrogen-bond acceptors (Lipinski definition) is 4. The number of carbonyl (C=O) groups excluding carboxylic acids is 2. The molecule has 0 bridgehead atoms. The van der Waals surface area contributed by atoms with Gasteiger partial charge >= 0.3 is 0 Å². The van der Waals surface area contributed by atoms with Gasteiger partial charge in [0.1, 0.15) is 0 Å². The topological polar surface area (TPSA) is 72.9 Å². The SMILES string of the molecule is CC(=O)N1CCCCCCCN(C(C)C)Cc2cc(C(=O)NCCCCCO)ccc21. The molecule has 31 heavy (non-hydrogen) atoms. The van der Waals surface area contributed by atoms with Gasteiger partial charge in [-0.15, -0.1) is 0 Å². The highest BCUT2D eigenvalue weighted by Crippen LogP contribution is 2.26. The van der Waals surface area contributed by atoms with Gasteiger partial charge in [-0.05, 0) is 76.3 Å². The van der Waals surface area contributed by atoms with Crippen LogP contribution in [0.2, 0.25) is 0 Å². The first-order valence-electron chi connectivity index (χ1n) is 12.0. The Balaban J connectivity index is 2.27. The molecule has 2 rings (SSSR count). The summed E-state index contributed by atoms with van der Waals surface area (Å²) in [4.78, 5) is 29.5. The highest BCUT2D eigenvalue weighted by molar-refractivity contribution is 5.97. The zero-order valence-electron chi connectivity index (χ0n) is 19.7. The third-order valence-electron chi connectivity index (χ3n) is 6.06. The molecular weight excluding hydrogens is 390 g/mol. The number of carbonyl (C=O) groups is 2.